The summed E-state index contributed by atoms with van der Waals surface area (Å²) in [6, 6.07) is 13.2. The zero-order chi connectivity index (χ0) is 26.5. The van der Waals surface area contributed by atoms with E-state index < -0.39 is 28.6 Å². The minimum absolute atomic E-state index is 0.00539. The van der Waals surface area contributed by atoms with Gasteiger partial charge in [-0.1, -0.05) is 6.07 Å². The Morgan fingerprint density at radius 3 is 2.59 bits per heavy atom. The van der Waals surface area contributed by atoms with E-state index in [4.69, 9.17) is 10.5 Å². The van der Waals surface area contributed by atoms with E-state index in [1.807, 2.05) is 0 Å². The number of nitrogens with zero attached hydrogens (tertiary/aromatic N) is 1. The van der Waals surface area contributed by atoms with Crippen molar-refractivity contribution < 1.29 is 28.2 Å². The summed E-state index contributed by atoms with van der Waals surface area (Å²) in [6.45, 7) is 3.16. The number of aromatic amines is 1. The first-order valence-corrected chi connectivity index (χ1v) is 11.8. The number of aromatic nitrogens is 2. The first kappa shape index (κ1) is 24.6. The number of H-pyrrole nitrogens is 1. The molecule has 1 aliphatic heterocycles. The lowest BCUT2D eigenvalue weighted by molar-refractivity contribution is -0.123. The van der Waals surface area contributed by atoms with Gasteiger partial charge in [-0.15, -0.1) is 0 Å². The number of fused-ring (bicyclic) bond motifs is 2. The number of ketones is 1. The number of hydrogen-bond acceptors (Lipinski definition) is 5. The highest BCUT2D eigenvalue weighted by atomic mass is 19.1. The Kier molecular flexibility index (Phi) is 5.83. The summed E-state index contributed by atoms with van der Waals surface area (Å²) in [6.07, 6.45) is -0.0673. The minimum Gasteiger partial charge on any atom is -0.489 e. The number of halogens is 2. The van der Waals surface area contributed by atoms with E-state index >= 15 is 0 Å². The fourth-order valence-electron chi connectivity index (χ4n) is 4.55. The Balaban J connectivity index is 1.49. The van der Waals surface area contributed by atoms with E-state index in [0.29, 0.717) is 33.5 Å². The lowest BCUT2D eigenvalue weighted by Crippen LogP contribution is -2.40. The molecule has 2 atom stereocenters. The van der Waals surface area contributed by atoms with Gasteiger partial charge in [0.1, 0.15) is 40.7 Å². The van der Waals surface area contributed by atoms with Crippen molar-refractivity contribution in [1.82, 2.24) is 9.97 Å². The van der Waals surface area contributed by atoms with Gasteiger partial charge in [0, 0.05) is 28.5 Å². The average molecular weight is 506 g/mol. The summed E-state index contributed by atoms with van der Waals surface area (Å²) in [4.78, 5) is 32.8. The maximum absolute atomic E-state index is 14.0. The Hall–Kier alpha value is -4.11. The summed E-state index contributed by atoms with van der Waals surface area (Å²) in [7, 11) is 0. The number of carbonyl (C=O) groups excluding carboxylic acids is 2. The van der Waals surface area contributed by atoms with Crippen LogP contribution in [0.3, 0.4) is 0 Å². The molecule has 0 saturated carbocycles. The highest BCUT2D eigenvalue weighted by molar-refractivity contribution is 5.99. The number of benzene rings is 2. The van der Waals surface area contributed by atoms with Crippen molar-refractivity contribution in [3.63, 3.8) is 0 Å². The van der Waals surface area contributed by atoms with Gasteiger partial charge in [-0.2, -0.15) is 0 Å². The van der Waals surface area contributed by atoms with Crippen molar-refractivity contribution in [3.8, 4) is 17.0 Å². The summed E-state index contributed by atoms with van der Waals surface area (Å²) < 4.78 is 33.4. The van der Waals surface area contributed by atoms with E-state index in [1.54, 1.807) is 25.1 Å². The molecule has 0 spiro atoms. The zero-order valence-corrected chi connectivity index (χ0v) is 20.3. The molecule has 5 rings (SSSR count). The van der Waals surface area contributed by atoms with E-state index in [1.165, 1.54) is 43.3 Å². The number of aliphatic hydroxyl groups is 1. The predicted molar refractivity (Wildman–Crippen MR) is 133 cm³/mol. The van der Waals surface area contributed by atoms with Crippen molar-refractivity contribution in [2.24, 2.45) is 5.73 Å². The molecule has 0 aliphatic carbocycles. The maximum Gasteiger partial charge on any atom is 0.231 e. The minimum atomic E-state index is -1.59. The van der Waals surface area contributed by atoms with E-state index in [9.17, 15) is 23.5 Å². The highest BCUT2D eigenvalue weighted by Gasteiger charge is 2.45. The number of carbonyl (C=O) groups is 2. The van der Waals surface area contributed by atoms with Crippen LogP contribution in [0, 0.1) is 11.6 Å². The largest absolute Gasteiger partial charge is 0.489 e. The Labute approximate surface area is 211 Å². The summed E-state index contributed by atoms with van der Waals surface area (Å²) in [5.74, 6) is -1.43. The number of nitrogens with one attached hydrogen (secondary N) is 1. The number of primary amides is 1. The Bertz CT molecular complexity index is 1550. The molecule has 4 N–H and O–H groups in total. The van der Waals surface area contributed by atoms with Crippen LogP contribution in [0.4, 0.5) is 8.78 Å². The topological polar surface area (TPSA) is 118 Å². The molecule has 37 heavy (non-hydrogen) atoms. The number of ether oxygens (including phenoxy) is 1. The van der Waals surface area contributed by atoms with Gasteiger partial charge in [0.05, 0.1) is 11.4 Å². The number of pyridine rings is 1. The molecule has 0 saturated heterocycles. The molecule has 0 radical (unpaired) electrons. The second-order valence-electron chi connectivity index (χ2n) is 9.81. The smallest absolute Gasteiger partial charge is 0.231 e. The number of rotatable bonds is 7. The number of amides is 1. The molecule has 0 bridgehead atoms. The Morgan fingerprint density at radius 2 is 1.92 bits per heavy atom. The van der Waals surface area contributed by atoms with E-state index in [-0.39, 0.29) is 36.6 Å². The van der Waals surface area contributed by atoms with Crippen molar-refractivity contribution >= 4 is 22.6 Å². The van der Waals surface area contributed by atoms with Gasteiger partial charge >= 0.3 is 0 Å². The number of nitrogens with two attached hydrogens (primary N) is 1. The lowest BCUT2D eigenvalue weighted by atomic mass is 9.81. The molecule has 2 aromatic heterocycles. The van der Waals surface area contributed by atoms with Crippen LogP contribution in [0.1, 0.15) is 48.4 Å². The third-order valence-electron chi connectivity index (χ3n) is 7.04. The van der Waals surface area contributed by atoms with Crippen molar-refractivity contribution in [2.75, 3.05) is 6.61 Å². The van der Waals surface area contributed by atoms with Crippen molar-refractivity contribution in [3.05, 3.63) is 83.2 Å². The van der Waals surface area contributed by atoms with Gasteiger partial charge < -0.3 is 20.6 Å². The molecule has 7 nitrogen and oxygen atoms in total. The average Bonchev–Trinajstić information content (AvgIpc) is 3.46. The fourth-order valence-corrected chi connectivity index (χ4v) is 4.55. The molecule has 2 aromatic carbocycles. The lowest BCUT2D eigenvalue weighted by Gasteiger charge is -2.25. The third-order valence-corrected chi connectivity index (χ3v) is 7.04. The molecule has 1 aliphatic rings. The number of Topliss-reactive ketones (excluding diaryl/α,β-unsaturated/α-hetero) is 1. The van der Waals surface area contributed by atoms with Crippen LogP contribution in [-0.2, 0) is 15.8 Å². The van der Waals surface area contributed by atoms with Crippen LogP contribution in [-0.4, -0.2) is 33.4 Å². The van der Waals surface area contributed by atoms with Gasteiger partial charge in [0.25, 0.3) is 0 Å². The Morgan fingerprint density at radius 1 is 1.19 bits per heavy atom. The fraction of sp³-hybridized carbons (Fsp3) is 0.250. The van der Waals surface area contributed by atoms with Gasteiger partial charge in [0.2, 0.25) is 5.91 Å². The zero-order valence-electron chi connectivity index (χ0n) is 20.3. The first-order chi connectivity index (χ1) is 17.5. The normalized spacial score (nSPS) is 18.3. The van der Waals surface area contributed by atoms with Gasteiger partial charge in [-0.05, 0) is 68.8 Å². The van der Waals surface area contributed by atoms with Crippen LogP contribution < -0.4 is 10.5 Å². The monoisotopic (exact) mass is 505 g/mol. The van der Waals surface area contributed by atoms with Crippen LogP contribution in [0.15, 0.2) is 54.6 Å². The third kappa shape index (κ3) is 4.25. The summed E-state index contributed by atoms with van der Waals surface area (Å²) in [5, 5.41) is 11.7. The second-order valence-corrected chi connectivity index (χ2v) is 9.81. The van der Waals surface area contributed by atoms with E-state index in [0.717, 1.165) is 0 Å². The molecular formula is C28H25F2N3O4. The molecule has 4 aromatic rings. The van der Waals surface area contributed by atoms with Crippen LogP contribution in [0.2, 0.25) is 0 Å². The molecule has 190 valence electrons. The molecular weight excluding hydrogens is 480 g/mol. The van der Waals surface area contributed by atoms with Crippen LogP contribution >= 0.6 is 0 Å². The standard InChI is InChI=1S/C28H25F2N3O4/c1-27(26(31)35)14-37-25-18(27)13-23(33-24(25)15-6-8-16(29)9-7-15)28(2,36)11-10-22(34)21-12-17-19(30)4-3-5-20(17)32-21/h3-9,12-13,32,36H,10-11,14H2,1-2H3,(H2,31,35)/t27-,28-/m0/s1. The maximum atomic E-state index is 14.0. The van der Waals surface area contributed by atoms with Crippen LogP contribution in [0.5, 0.6) is 5.75 Å². The molecule has 0 unspecified atom stereocenters. The summed E-state index contributed by atoms with van der Waals surface area (Å²) >= 11 is 0. The van der Waals surface area contributed by atoms with Gasteiger partial charge in [0.15, 0.2) is 5.78 Å². The predicted octanol–water partition coefficient (Wildman–Crippen LogP) is 4.51. The van der Waals surface area contributed by atoms with Gasteiger partial charge in [-0.3, -0.25) is 9.59 Å². The molecule has 3 heterocycles. The van der Waals surface area contributed by atoms with Crippen molar-refractivity contribution in [1.29, 1.82) is 0 Å². The van der Waals surface area contributed by atoms with Gasteiger partial charge in [-0.25, -0.2) is 13.8 Å². The molecule has 9 heteroatoms. The van der Waals surface area contributed by atoms with Crippen LogP contribution in [0.25, 0.3) is 22.2 Å². The first-order valence-electron chi connectivity index (χ1n) is 11.8. The SMILES string of the molecule is C[C@](O)(CCC(=O)c1cc2c(F)cccc2[nH]1)c1cc2c(c(-c3ccc(F)cc3)n1)OC[C@]2(C)C(N)=O. The van der Waals surface area contributed by atoms with E-state index in [2.05, 4.69) is 9.97 Å². The van der Waals surface area contributed by atoms with Crippen molar-refractivity contribution in [2.45, 2.75) is 37.7 Å². The highest BCUT2D eigenvalue weighted by Crippen LogP contribution is 2.46. The number of hydrogen-bond donors (Lipinski definition) is 3. The summed E-state index contributed by atoms with van der Waals surface area (Å²) in [5.41, 5.74) is 5.21. The quantitative estimate of drug-likeness (QED) is 0.319. The molecule has 0 fully saturated rings. The second kappa shape index (κ2) is 8.77. The molecule has 1 amide bonds.